The number of nitrogens with two attached hydrogens (primary N) is 1. The van der Waals surface area contributed by atoms with E-state index in [0.29, 0.717) is 6.54 Å². The molecule has 5 nitrogen and oxygen atoms in total. The summed E-state index contributed by atoms with van der Waals surface area (Å²) >= 11 is 0. The van der Waals surface area contributed by atoms with Crippen molar-refractivity contribution < 1.29 is 9.59 Å². The van der Waals surface area contributed by atoms with Gasteiger partial charge < -0.3 is 11.1 Å². The summed E-state index contributed by atoms with van der Waals surface area (Å²) in [4.78, 5) is 24.1. The molecule has 0 rings (SSSR count). The summed E-state index contributed by atoms with van der Waals surface area (Å²) in [5, 5.41) is 2.77. The molecule has 0 aliphatic carbocycles. The largest absolute Gasteiger partial charge is 0.368 e. The topological polar surface area (TPSA) is 75.4 Å². The molecular formula is C10H21N3O2. The van der Waals surface area contributed by atoms with Crippen LogP contribution >= 0.6 is 0 Å². The quantitative estimate of drug-likeness (QED) is 0.639. The SMILES string of the molecule is CCN(CC(=O)NC(C)C)C(C)C(N)=O. The molecule has 0 radical (unpaired) electrons. The predicted molar refractivity (Wildman–Crippen MR) is 59.2 cm³/mol. The Kier molecular flexibility index (Phi) is 5.93. The summed E-state index contributed by atoms with van der Waals surface area (Å²) in [5.41, 5.74) is 5.18. The molecule has 2 amide bonds. The number of hydrogen-bond acceptors (Lipinski definition) is 3. The third-order valence-corrected chi connectivity index (χ3v) is 2.16. The van der Waals surface area contributed by atoms with Crippen molar-refractivity contribution in [1.29, 1.82) is 0 Å². The van der Waals surface area contributed by atoms with Crippen molar-refractivity contribution in [1.82, 2.24) is 10.2 Å². The lowest BCUT2D eigenvalue weighted by Gasteiger charge is -2.25. The average Bonchev–Trinajstić information content (AvgIpc) is 2.11. The van der Waals surface area contributed by atoms with Gasteiger partial charge in [0.25, 0.3) is 0 Å². The fourth-order valence-corrected chi connectivity index (χ4v) is 1.25. The molecule has 0 heterocycles. The minimum Gasteiger partial charge on any atom is -0.368 e. The van der Waals surface area contributed by atoms with Crippen molar-refractivity contribution >= 4 is 11.8 Å². The van der Waals surface area contributed by atoms with Gasteiger partial charge in [-0.25, -0.2) is 0 Å². The molecule has 0 bridgehead atoms. The zero-order chi connectivity index (χ0) is 12.0. The molecule has 3 N–H and O–H groups in total. The lowest BCUT2D eigenvalue weighted by Crippen LogP contribution is -2.48. The highest BCUT2D eigenvalue weighted by molar-refractivity contribution is 5.82. The van der Waals surface area contributed by atoms with Crippen LogP contribution in [0.2, 0.25) is 0 Å². The molecule has 0 saturated heterocycles. The van der Waals surface area contributed by atoms with E-state index < -0.39 is 11.9 Å². The van der Waals surface area contributed by atoms with Crippen molar-refractivity contribution in [2.24, 2.45) is 5.73 Å². The standard InChI is InChI=1S/C10H21N3O2/c1-5-13(8(4)10(11)15)6-9(14)12-7(2)3/h7-8H,5-6H2,1-4H3,(H2,11,15)(H,12,14). The second-order valence-corrected chi connectivity index (χ2v) is 3.86. The second kappa shape index (κ2) is 6.40. The molecule has 88 valence electrons. The Morgan fingerprint density at radius 1 is 1.33 bits per heavy atom. The molecular weight excluding hydrogens is 194 g/mol. The van der Waals surface area contributed by atoms with Crippen LogP contribution in [-0.4, -0.2) is 41.9 Å². The van der Waals surface area contributed by atoms with E-state index in [-0.39, 0.29) is 18.5 Å². The number of nitrogens with one attached hydrogen (secondary N) is 1. The van der Waals surface area contributed by atoms with Gasteiger partial charge in [-0.3, -0.25) is 14.5 Å². The fraction of sp³-hybridized carbons (Fsp3) is 0.800. The molecule has 0 aliphatic heterocycles. The Bertz CT molecular complexity index is 229. The van der Waals surface area contributed by atoms with E-state index in [2.05, 4.69) is 5.32 Å². The Hall–Kier alpha value is -1.10. The second-order valence-electron chi connectivity index (χ2n) is 3.86. The molecule has 0 aromatic heterocycles. The van der Waals surface area contributed by atoms with Crippen LogP contribution in [0.3, 0.4) is 0 Å². The van der Waals surface area contributed by atoms with E-state index in [1.807, 2.05) is 20.8 Å². The van der Waals surface area contributed by atoms with Crippen molar-refractivity contribution in [3.05, 3.63) is 0 Å². The first-order valence-electron chi connectivity index (χ1n) is 5.21. The Morgan fingerprint density at radius 2 is 1.87 bits per heavy atom. The van der Waals surface area contributed by atoms with Crippen LogP contribution < -0.4 is 11.1 Å². The number of primary amides is 1. The smallest absolute Gasteiger partial charge is 0.234 e. The first kappa shape index (κ1) is 13.9. The van der Waals surface area contributed by atoms with Gasteiger partial charge in [-0.2, -0.15) is 0 Å². The molecule has 0 spiro atoms. The van der Waals surface area contributed by atoms with Crippen LogP contribution in [0, 0.1) is 0 Å². The van der Waals surface area contributed by atoms with E-state index in [4.69, 9.17) is 5.73 Å². The first-order valence-corrected chi connectivity index (χ1v) is 5.21. The number of nitrogens with zero attached hydrogens (tertiary/aromatic N) is 1. The van der Waals surface area contributed by atoms with Crippen LogP contribution in [0.4, 0.5) is 0 Å². The minimum atomic E-state index is -0.409. The Morgan fingerprint density at radius 3 is 2.20 bits per heavy atom. The maximum atomic E-state index is 11.4. The molecule has 0 aromatic carbocycles. The summed E-state index contributed by atoms with van der Waals surface area (Å²) in [7, 11) is 0. The number of carbonyl (C=O) groups excluding carboxylic acids is 2. The molecule has 0 saturated carbocycles. The van der Waals surface area contributed by atoms with E-state index >= 15 is 0 Å². The van der Waals surface area contributed by atoms with Gasteiger partial charge in [0.2, 0.25) is 11.8 Å². The summed E-state index contributed by atoms with van der Waals surface area (Å²) in [6, 6.07) is -0.298. The zero-order valence-corrected chi connectivity index (χ0v) is 9.91. The van der Waals surface area contributed by atoms with E-state index in [9.17, 15) is 9.59 Å². The predicted octanol–water partition coefficient (Wildman–Crippen LogP) is -0.293. The lowest BCUT2D eigenvalue weighted by molar-refractivity contribution is -0.126. The molecule has 1 unspecified atom stereocenters. The fourth-order valence-electron chi connectivity index (χ4n) is 1.25. The van der Waals surface area contributed by atoms with Gasteiger partial charge in [0.05, 0.1) is 12.6 Å². The molecule has 5 heteroatoms. The molecule has 0 aromatic rings. The zero-order valence-electron chi connectivity index (χ0n) is 9.91. The monoisotopic (exact) mass is 215 g/mol. The number of hydrogen-bond donors (Lipinski definition) is 2. The summed E-state index contributed by atoms with van der Waals surface area (Å²) < 4.78 is 0. The number of amides is 2. The van der Waals surface area contributed by atoms with Gasteiger partial charge in [0.15, 0.2) is 0 Å². The van der Waals surface area contributed by atoms with Gasteiger partial charge >= 0.3 is 0 Å². The number of carbonyl (C=O) groups is 2. The van der Waals surface area contributed by atoms with Crippen LogP contribution in [0.25, 0.3) is 0 Å². The van der Waals surface area contributed by atoms with Crippen LogP contribution in [0.15, 0.2) is 0 Å². The molecule has 0 aliphatic rings. The highest BCUT2D eigenvalue weighted by Gasteiger charge is 2.19. The molecule has 0 fully saturated rings. The Labute approximate surface area is 91.0 Å². The van der Waals surface area contributed by atoms with Crippen LogP contribution in [-0.2, 0) is 9.59 Å². The summed E-state index contributed by atoms with van der Waals surface area (Å²) in [5.74, 6) is -0.492. The van der Waals surface area contributed by atoms with Gasteiger partial charge in [-0.15, -0.1) is 0 Å². The van der Waals surface area contributed by atoms with Crippen LogP contribution in [0.5, 0.6) is 0 Å². The van der Waals surface area contributed by atoms with Gasteiger partial charge in [0.1, 0.15) is 0 Å². The highest BCUT2D eigenvalue weighted by Crippen LogP contribution is 1.97. The normalized spacial score (nSPS) is 12.9. The van der Waals surface area contributed by atoms with Gasteiger partial charge in [-0.05, 0) is 27.3 Å². The summed E-state index contributed by atoms with van der Waals surface area (Å²) in [6.45, 7) is 8.21. The number of rotatable bonds is 6. The third kappa shape index (κ3) is 5.37. The minimum absolute atomic E-state index is 0.0834. The Balaban J connectivity index is 4.21. The van der Waals surface area contributed by atoms with Gasteiger partial charge in [-0.1, -0.05) is 6.92 Å². The van der Waals surface area contributed by atoms with Crippen molar-refractivity contribution in [3.8, 4) is 0 Å². The number of likely N-dealkylation sites (N-methyl/N-ethyl adjacent to an activating group) is 1. The molecule has 1 atom stereocenters. The summed E-state index contributed by atoms with van der Waals surface area (Å²) in [6.07, 6.45) is 0. The van der Waals surface area contributed by atoms with Gasteiger partial charge in [0, 0.05) is 6.04 Å². The molecule has 15 heavy (non-hydrogen) atoms. The maximum absolute atomic E-state index is 11.4. The first-order chi connectivity index (χ1) is 6.88. The average molecular weight is 215 g/mol. The lowest BCUT2D eigenvalue weighted by atomic mass is 10.2. The highest BCUT2D eigenvalue weighted by atomic mass is 16.2. The van der Waals surface area contributed by atoms with Crippen molar-refractivity contribution in [2.45, 2.75) is 39.8 Å². The maximum Gasteiger partial charge on any atom is 0.234 e. The third-order valence-electron chi connectivity index (χ3n) is 2.16. The van der Waals surface area contributed by atoms with E-state index in [1.165, 1.54) is 0 Å². The van der Waals surface area contributed by atoms with Crippen molar-refractivity contribution in [3.63, 3.8) is 0 Å². The van der Waals surface area contributed by atoms with Crippen molar-refractivity contribution in [2.75, 3.05) is 13.1 Å². The van der Waals surface area contributed by atoms with E-state index in [1.54, 1.807) is 11.8 Å². The van der Waals surface area contributed by atoms with Crippen LogP contribution in [0.1, 0.15) is 27.7 Å². The van der Waals surface area contributed by atoms with E-state index in [0.717, 1.165) is 0 Å².